The summed E-state index contributed by atoms with van der Waals surface area (Å²) < 4.78 is 1.66. The lowest BCUT2D eigenvalue weighted by Gasteiger charge is -2.06. The average molecular weight is 374 g/mol. The maximum Gasteiger partial charge on any atom is 0.259 e. The van der Waals surface area contributed by atoms with E-state index in [2.05, 4.69) is 32.3 Å². The van der Waals surface area contributed by atoms with E-state index in [9.17, 15) is 4.79 Å². The Bertz CT molecular complexity index is 1110. The van der Waals surface area contributed by atoms with Crippen molar-refractivity contribution in [1.29, 1.82) is 0 Å². The van der Waals surface area contributed by atoms with E-state index in [0.29, 0.717) is 17.1 Å². The van der Waals surface area contributed by atoms with Gasteiger partial charge in [0.15, 0.2) is 5.82 Å². The molecule has 1 amide bonds. The molecule has 7 heteroatoms. The van der Waals surface area contributed by atoms with Gasteiger partial charge < -0.3 is 10.3 Å². The number of pyridine rings is 1. The molecule has 2 N–H and O–H groups in total. The van der Waals surface area contributed by atoms with Gasteiger partial charge in [-0.15, -0.1) is 0 Å². The minimum Gasteiger partial charge on any atom is -0.342 e. The first-order chi connectivity index (χ1) is 13.7. The van der Waals surface area contributed by atoms with Gasteiger partial charge in [-0.3, -0.25) is 4.79 Å². The second-order valence-electron chi connectivity index (χ2n) is 6.72. The Morgan fingerprint density at radius 1 is 1.25 bits per heavy atom. The summed E-state index contributed by atoms with van der Waals surface area (Å²) in [5.41, 5.74) is 3.79. The van der Waals surface area contributed by atoms with E-state index < -0.39 is 0 Å². The van der Waals surface area contributed by atoms with Gasteiger partial charge in [-0.1, -0.05) is 19.4 Å². The number of carbonyl (C=O) groups excluding carboxylic acids is 1. The normalized spacial score (nSPS) is 11.1. The molecule has 142 valence electrons. The van der Waals surface area contributed by atoms with Gasteiger partial charge in [-0.2, -0.15) is 5.10 Å². The summed E-state index contributed by atoms with van der Waals surface area (Å²) in [6, 6.07) is 11.3. The molecule has 0 unspecified atom stereocenters. The van der Waals surface area contributed by atoms with Gasteiger partial charge in [0, 0.05) is 18.3 Å². The minimum absolute atomic E-state index is 0.204. The number of amides is 1. The van der Waals surface area contributed by atoms with Crippen molar-refractivity contribution in [2.75, 3.05) is 5.32 Å². The topological polar surface area (TPSA) is 88.5 Å². The van der Waals surface area contributed by atoms with Gasteiger partial charge in [0.1, 0.15) is 5.82 Å². The number of benzene rings is 1. The number of H-pyrrole nitrogens is 1. The molecular weight excluding hydrogens is 352 g/mol. The Morgan fingerprint density at radius 3 is 2.93 bits per heavy atom. The van der Waals surface area contributed by atoms with Crippen molar-refractivity contribution < 1.29 is 4.79 Å². The maximum atomic E-state index is 12.8. The summed E-state index contributed by atoms with van der Waals surface area (Å²) in [5.74, 6) is 1.45. The molecule has 4 aromatic rings. The van der Waals surface area contributed by atoms with Crippen molar-refractivity contribution in [2.45, 2.75) is 33.1 Å². The predicted molar refractivity (Wildman–Crippen MR) is 109 cm³/mol. The number of fused-ring (bicyclic) bond motifs is 1. The molecule has 0 saturated carbocycles. The van der Waals surface area contributed by atoms with Crippen LogP contribution >= 0.6 is 0 Å². The van der Waals surface area contributed by atoms with E-state index in [0.717, 1.165) is 41.8 Å². The molecular formula is C21H22N6O. The maximum absolute atomic E-state index is 12.8. The Balaban J connectivity index is 1.54. The minimum atomic E-state index is -0.204. The zero-order valence-corrected chi connectivity index (χ0v) is 15.9. The fourth-order valence-electron chi connectivity index (χ4n) is 3.14. The predicted octanol–water partition coefficient (Wildman–Crippen LogP) is 4.05. The average Bonchev–Trinajstić information content (AvgIpc) is 3.29. The van der Waals surface area contributed by atoms with Crippen LogP contribution in [0.25, 0.3) is 16.9 Å². The second kappa shape index (κ2) is 7.64. The fraction of sp³-hybridized carbons (Fsp3) is 0.238. The second-order valence-corrected chi connectivity index (χ2v) is 6.72. The summed E-state index contributed by atoms with van der Waals surface area (Å²) in [7, 11) is 0. The van der Waals surface area contributed by atoms with E-state index in [4.69, 9.17) is 0 Å². The van der Waals surface area contributed by atoms with Crippen LogP contribution in [0.2, 0.25) is 0 Å². The summed E-state index contributed by atoms with van der Waals surface area (Å²) in [6.07, 6.45) is 6.42. The van der Waals surface area contributed by atoms with E-state index in [1.54, 1.807) is 17.1 Å². The van der Waals surface area contributed by atoms with Crippen LogP contribution in [-0.4, -0.2) is 30.6 Å². The Hall–Kier alpha value is -3.48. The zero-order chi connectivity index (χ0) is 19.5. The third-order valence-electron chi connectivity index (χ3n) is 4.68. The third kappa shape index (κ3) is 3.51. The van der Waals surface area contributed by atoms with Crippen LogP contribution in [0.4, 0.5) is 5.69 Å². The first-order valence-corrected chi connectivity index (χ1v) is 9.41. The lowest BCUT2D eigenvalue weighted by atomic mass is 10.2. The molecule has 0 fully saturated rings. The Labute approximate surface area is 162 Å². The molecule has 3 aromatic heterocycles. The molecule has 0 spiro atoms. The number of unbranched alkanes of at least 4 members (excludes halogenated alkanes) is 1. The Morgan fingerprint density at radius 2 is 2.14 bits per heavy atom. The number of rotatable bonds is 6. The van der Waals surface area contributed by atoms with Crippen LogP contribution in [0, 0.1) is 6.92 Å². The highest BCUT2D eigenvalue weighted by Crippen LogP contribution is 2.20. The number of aromatic amines is 1. The van der Waals surface area contributed by atoms with Gasteiger partial charge in [0.25, 0.3) is 5.91 Å². The molecule has 0 radical (unpaired) electrons. The van der Waals surface area contributed by atoms with Crippen LogP contribution < -0.4 is 5.32 Å². The van der Waals surface area contributed by atoms with Crippen LogP contribution in [-0.2, 0) is 6.42 Å². The van der Waals surface area contributed by atoms with Crippen LogP contribution in [0.1, 0.15) is 41.6 Å². The summed E-state index contributed by atoms with van der Waals surface area (Å²) >= 11 is 0. The van der Waals surface area contributed by atoms with Crippen molar-refractivity contribution in [3.05, 3.63) is 65.9 Å². The van der Waals surface area contributed by atoms with Crippen molar-refractivity contribution >= 4 is 22.6 Å². The standard InChI is InChI=1S/C21H22N6O/c1-3-4-7-19-25-17-10-9-15(12-18(17)26-19)24-21(28)16-13-23-27(14(16)2)20-8-5-6-11-22-20/h5-6,8-13H,3-4,7H2,1-2H3,(H,24,28)(H,25,26). The lowest BCUT2D eigenvalue weighted by molar-refractivity contribution is 0.102. The van der Waals surface area contributed by atoms with E-state index in [-0.39, 0.29) is 5.91 Å². The third-order valence-corrected chi connectivity index (χ3v) is 4.68. The first-order valence-electron chi connectivity index (χ1n) is 9.41. The molecule has 0 atom stereocenters. The molecule has 0 saturated heterocycles. The largest absolute Gasteiger partial charge is 0.342 e. The number of anilines is 1. The van der Waals surface area contributed by atoms with Gasteiger partial charge in [0.05, 0.1) is 28.5 Å². The molecule has 1 aromatic carbocycles. The van der Waals surface area contributed by atoms with Crippen molar-refractivity contribution in [3.8, 4) is 5.82 Å². The number of aryl methyl sites for hydroxylation is 1. The molecule has 28 heavy (non-hydrogen) atoms. The van der Waals surface area contributed by atoms with Crippen LogP contribution in [0.3, 0.4) is 0 Å². The van der Waals surface area contributed by atoms with Gasteiger partial charge >= 0.3 is 0 Å². The van der Waals surface area contributed by atoms with E-state index in [1.165, 1.54) is 0 Å². The highest BCUT2D eigenvalue weighted by Gasteiger charge is 2.16. The number of nitrogens with one attached hydrogen (secondary N) is 2. The monoisotopic (exact) mass is 374 g/mol. The van der Waals surface area contributed by atoms with E-state index >= 15 is 0 Å². The van der Waals surface area contributed by atoms with Gasteiger partial charge in [0.2, 0.25) is 0 Å². The number of hydrogen-bond acceptors (Lipinski definition) is 4. The summed E-state index contributed by atoms with van der Waals surface area (Å²) in [6.45, 7) is 4.02. The van der Waals surface area contributed by atoms with Crippen molar-refractivity contribution in [3.63, 3.8) is 0 Å². The zero-order valence-electron chi connectivity index (χ0n) is 15.9. The molecule has 4 rings (SSSR count). The van der Waals surface area contributed by atoms with Gasteiger partial charge in [-0.25, -0.2) is 14.6 Å². The number of carbonyl (C=O) groups is 1. The SMILES string of the molecule is CCCCc1nc2ccc(NC(=O)c3cnn(-c4ccccn4)c3C)cc2[nH]1. The lowest BCUT2D eigenvalue weighted by Crippen LogP contribution is -2.13. The fourth-order valence-corrected chi connectivity index (χ4v) is 3.14. The number of aromatic nitrogens is 5. The van der Waals surface area contributed by atoms with Crippen molar-refractivity contribution in [2.24, 2.45) is 0 Å². The summed E-state index contributed by atoms with van der Waals surface area (Å²) in [5, 5.41) is 7.26. The summed E-state index contributed by atoms with van der Waals surface area (Å²) in [4.78, 5) is 25.0. The van der Waals surface area contributed by atoms with Crippen LogP contribution in [0.15, 0.2) is 48.8 Å². The van der Waals surface area contributed by atoms with Crippen molar-refractivity contribution in [1.82, 2.24) is 24.7 Å². The Kier molecular flexibility index (Phi) is 4.89. The molecule has 0 bridgehead atoms. The van der Waals surface area contributed by atoms with Crippen LogP contribution in [0.5, 0.6) is 0 Å². The number of nitrogens with zero attached hydrogens (tertiary/aromatic N) is 4. The molecule has 3 heterocycles. The number of imidazole rings is 1. The molecule has 0 aliphatic heterocycles. The highest BCUT2D eigenvalue weighted by atomic mass is 16.1. The number of hydrogen-bond donors (Lipinski definition) is 2. The molecule has 0 aliphatic rings. The van der Waals surface area contributed by atoms with E-state index in [1.807, 2.05) is 43.3 Å². The smallest absolute Gasteiger partial charge is 0.259 e. The highest BCUT2D eigenvalue weighted by molar-refractivity contribution is 6.05. The molecule has 0 aliphatic carbocycles. The first kappa shape index (κ1) is 17.9. The van der Waals surface area contributed by atoms with Gasteiger partial charge in [-0.05, 0) is 43.7 Å². The quantitative estimate of drug-likeness (QED) is 0.533. The molecule has 7 nitrogen and oxygen atoms in total.